The number of nitrogens with zero attached hydrogens (tertiary/aromatic N) is 1. The monoisotopic (exact) mass is 243 g/mol. The summed E-state index contributed by atoms with van der Waals surface area (Å²) in [5.74, 6) is 0.654. The van der Waals surface area contributed by atoms with Crippen LogP contribution in [-0.2, 0) is 6.61 Å². The standard InChI is InChI=1S/C13H11NO2.C2H6/c15-14-12-7-4-8-13(9-12)16-10-11-5-2-1-3-6-11;1-2/h1-9H,10H2;1-2H3. The lowest BCUT2D eigenvalue weighted by atomic mass is 10.2. The highest BCUT2D eigenvalue weighted by Gasteiger charge is 1.97. The van der Waals surface area contributed by atoms with Crippen molar-refractivity contribution in [3.63, 3.8) is 0 Å². The highest BCUT2D eigenvalue weighted by Crippen LogP contribution is 2.20. The second-order valence-corrected chi connectivity index (χ2v) is 3.36. The first-order chi connectivity index (χ1) is 8.88. The molecule has 2 rings (SSSR count). The summed E-state index contributed by atoms with van der Waals surface area (Å²) in [6, 6.07) is 16.7. The summed E-state index contributed by atoms with van der Waals surface area (Å²) in [5, 5.41) is 2.86. The van der Waals surface area contributed by atoms with E-state index in [9.17, 15) is 4.91 Å². The Bertz CT molecular complexity index is 469. The SMILES string of the molecule is CC.O=Nc1cccc(OCc2ccccc2)c1. The minimum absolute atomic E-state index is 0.380. The van der Waals surface area contributed by atoms with Crippen LogP contribution >= 0.6 is 0 Å². The molecule has 0 saturated heterocycles. The molecule has 0 aliphatic carbocycles. The van der Waals surface area contributed by atoms with Crippen LogP contribution in [0.2, 0.25) is 0 Å². The van der Waals surface area contributed by atoms with Gasteiger partial charge in [-0.25, -0.2) is 0 Å². The molecule has 0 heterocycles. The summed E-state index contributed by atoms with van der Waals surface area (Å²) in [7, 11) is 0. The van der Waals surface area contributed by atoms with Crippen LogP contribution in [-0.4, -0.2) is 0 Å². The van der Waals surface area contributed by atoms with Gasteiger partial charge < -0.3 is 4.74 Å². The van der Waals surface area contributed by atoms with Gasteiger partial charge in [0.2, 0.25) is 0 Å². The Morgan fingerprint density at radius 2 is 1.72 bits per heavy atom. The highest BCUT2D eigenvalue weighted by atomic mass is 16.5. The third-order valence-corrected chi connectivity index (χ3v) is 2.17. The van der Waals surface area contributed by atoms with E-state index in [-0.39, 0.29) is 0 Å². The van der Waals surface area contributed by atoms with E-state index in [1.807, 2.05) is 44.2 Å². The summed E-state index contributed by atoms with van der Waals surface area (Å²) in [6.45, 7) is 4.49. The molecular formula is C15H17NO2. The van der Waals surface area contributed by atoms with Gasteiger partial charge in [0.05, 0.1) is 0 Å². The third-order valence-electron chi connectivity index (χ3n) is 2.17. The normalized spacial score (nSPS) is 9.00. The van der Waals surface area contributed by atoms with Gasteiger partial charge in [-0.1, -0.05) is 50.2 Å². The first-order valence-corrected chi connectivity index (χ1v) is 5.98. The van der Waals surface area contributed by atoms with Gasteiger partial charge in [-0.2, -0.15) is 0 Å². The zero-order chi connectivity index (χ0) is 13.2. The van der Waals surface area contributed by atoms with Crippen LogP contribution in [0.15, 0.2) is 59.8 Å². The minimum Gasteiger partial charge on any atom is -0.489 e. The topological polar surface area (TPSA) is 38.7 Å². The average molecular weight is 243 g/mol. The van der Waals surface area contributed by atoms with Gasteiger partial charge >= 0.3 is 0 Å². The lowest BCUT2D eigenvalue weighted by Gasteiger charge is -2.05. The zero-order valence-corrected chi connectivity index (χ0v) is 10.7. The van der Waals surface area contributed by atoms with Gasteiger partial charge in [0.1, 0.15) is 18.0 Å². The third kappa shape index (κ3) is 4.37. The summed E-state index contributed by atoms with van der Waals surface area (Å²) in [5.41, 5.74) is 1.47. The van der Waals surface area contributed by atoms with Crippen molar-refractivity contribution in [2.45, 2.75) is 20.5 Å². The van der Waals surface area contributed by atoms with Crippen molar-refractivity contribution < 1.29 is 4.74 Å². The number of benzene rings is 2. The van der Waals surface area contributed by atoms with Crippen LogP contribution < -0.4 is 4.74 Å². The Balaban J connectivity index is 0.000000771. The van der Waals surface area contributed by atoms with Crippen molar-refractivity contribution >= 4 is 5.69 Å². The van der Waals surface area contributed by atoms with Gasteiger partial charge in [-0.15, -0.1) is 4.91 Å². The van der Waals surface area contributed by atoms with E-state index in [0.717, 1.165) is 5.56 Å². The molecular weight excluding hydrogens is 226 g/mol. The minimum atomic E-state index is 0.380. The van der Waals surface area contributed by atoms with E-state index in [1.165, 1.54) is 0 Å². The Kier molecular flexibility index (Phi) is 6.19. The maximum atomic E-state index is 10.3. The van der Waals surface area contributed by atoms with Crippen molar-refractivity contribution in [1.82, 2.24) is 0 Å². The molecule has 0 bridgehead atoms. The van der Waals surface area contributed by atoms with Crippen molar-refractivity contribution in [1.29, 1.82) is 0 Å². The van der Waals surface area contributed by atoms with E-state index in [1.54, 1.807) is 24.3 Å². The maximum Gasteiger partial charge on any atom is 0.122 e. The smallest absolute Gasteiger partial charge is 0.122 e. The van der Waals surface area contributed by atoms with E-state index >= 15 is 0 Å². The quantitative estimate of drug-likeness (QED) is 0.731. The molecule has 0 aliphatic heterocycles. The second kappa shape index (κ2) is 8.01. The number of ether oxygens (including phenoxy) is 1. The van der Waals surface area contributed by atoms with Crippen molar-refractivity contribution in [2.75, 3.05) is 0 Å². The molecule has 0 radical (unpaired) electrons. The Hall–Kier alpha value is -2.16. The van der Waals surface area contributed by atoms with Crippen LogP contribution in [0.1, 0.15) is 19.4 Å². The molecule has 0 fully saturated rings. The lowest BCUT2D eigenvalue weighted by Crippen LogP contribution is -1.94. The van der Waals surface area contributed by atoms with Gasteiger partial charge in [-0.3, -0.25) is 0 Å². The van der Waals surface area contributed by atoms with Crippen LogP contribution in [0.25, 0.3) is 0 Å². The Labute approximate surface area is 107 Å². The number of hydrogen-bond donors (Lipinski definition) is 0. The van der Waals surface area contributed by atoms with E-state index < -0.39 is 0 Å². The number of nitroso groups, excluding NO2 is 1. The summed E-state index contributed by atoms with van der Waals surface area (Å²) in [6.07, 6.45) is 0. The van der Waals surface area contributed by atoms with E-state index in [2.05, 4.69) is 5.18 Å². The fraction of sp³-hybridized carbons (Fsp3) is 0.200. The van der Waals surface area contributed by atoms with Crippen molar-refractivity contribution in [3.8, 4) is 5.75 Å². The molecule has 0 atom stereocenters. The van der Waals surface area contributed by atoms with E-state index in [0.29, 0.717) is 18.0 Å². The summed E-state index contributed by atoms with van der Waals surface area (Å²) < 4.78 is 5.54. The Morgan fingerprint density at radius 1 is 1.00 bits per heavy atom. The van der Waals surface area contributed by atoms with Crippen molar-refractivity contribution in [2.24, 2.45) is 5.18 Å². The predicted molar refractivity (Wildman–Crippen MR) is 74.0 cm³/mol. The number of hydrogen-bond acceptors (Lipinski definition) is 3. The Morgan fingerprint density at radius 3 is 2.39 bits per heavy atom. The molecule has 2 aromatic rings. The fourth-order valence-corrected chi connectivity index (χ4v) is 1.37. The van der Waals surface area contributed by atoms with Gasteiger partial charge in [0.25, 0.3) is 0 Å². The largest absolute Gasteiger partial charge is 0.489 e. The first kappa shape index (κ1) is 13.9. The molecule has 0 amide bonds. The zero-order valence-electron chi connectivity index (χ0n) is 10.7. The maximum absolute atomic E-state index is 10.3. The van der Waals surface area contributed by atoms with Gasteiger partial charge in [0.15, 0.2) is 0 Å². The first-order valence-electron chi connectivity index (χ1n) is 5.98. The summed E-state index contributed by atoms with van der Waals surface area (Å²) in [4.78, 5) is 10.3. The molecule has 3 heteroatoms. The van der Waals surface area contributed by atoms with Crippen LogP contribution in [0, 0.1) is 4.91 Å². The highest BCUT2D eigenvalue weighted by molar-refractivity contribution is 5.42. The van der Waals surface area contributed by atoms with E-state index in [4.69, 9.17) is 4.74 Å². The number of rotatable bonds is 4. The second-order valence-electron chi connectivity index (χ2n) is 3.36. The van der Waals surface area contributed by atoms with Gasteiger partial charge in [-0.05, 0) is 22.9 Å². The predicted octanol–water partition coefficient (Wildman–Crippen LogP) is 4.69. The van der Waals surface area contributed by atoms with Crippen molar-refractivity contribution in [3.05, 3.63) is 65.1 Å². The van der Waals surface area contributed by atoms with Crippen LogP contribution in [0.5, 0.6) is 5.75 Å². The molecule has 94 valence electrons. The molecule has 0 saturated carbocycles. The molecule has 0 N–H and O–H groups in total. The molecule has 0 spiro atoms. The molecule has 0 unspecified atom stereocenters. The molecule has 3 nitrogen and oxygen atoms in total. The molecule has 2 aromatic carbocycles. The molecule has 0 aliphatic rings. The van der Waals surface area contributed by atoms with Crippen LogP contribution in [0.3, 0.4) is 0 Å². The van der Waals surface area contributed by atoms with Crippen LogP contribution in [0.4, 0.5) is 5.69 Å². The fourth-order valence-electron chi connectivity index (χ4n) is 1.37. The van der Waals surface area contributed by atoms with Gasteiger partial charge in [0, 0.05) is 6.07 Å². The average Bonchev–Trinajstić information content (AvgIpc) is 2.48. The molecule has 18 heavy (non-hydrogen) atoms. The summed E-state index contributed by atoms with van der Waals surface area (Å²) >= 11 is 0. The lowest BCUT2D eigenvalue weighted by molar-refractivity contribution is 0.306. The molecule has 0 aromatic heterocycles.